The Bertz CT molecular complexity index is 688. The molecule has 0 unspecified atom stereocenters. The Hall–Kier alpha value is -2.34. The largest absolute Gasteiger partial charge is 0.494 e. The van der Waals surface area contributed by atoms with E-state index >= 15 is 0 Å². The highest BCUT2D eigenvalue weighted by molar-refractivity contribution is 5.93. The van der Waals surface area contributed by atoms with Crippen LogP contribution in [0.15, 0.2) is 30.3 Å². The van der Waals surface area contributed by atoms with Gasteiger partial charge in [-0.15, -0.1) is 0 Å². The smallest absolute Gasteiger partial charge is 0.269 e. The Morgan fingerprint density at radius 2 is 1.92 bits per heavy atom. The van der Waals surface area contributed by atoms with Crippen LogP contribution in [0.3, 0.4) is 0 Å². The van der Waals surface area contributed by atoms with Crippen molar-refractivity contribution in [2.75, 3.05) is 32.8 Å². The number of likely N-dealkylation sites (tertiary alicyclic amines) is 1. The minimum absolute atomic E-state index is 0.107. The molecular formula is C20H28N4O2. The van der Waals surface area contributed by atoms with E-state index < -0.39 is 0 Å². The van der Waals surface area contributed by atoms with E-state index in [9.17, 15) is 4.79 Å². The maximum Gasteiger partial charge on any atom is 0.269 e. The van der Waals surface area contributed by atoms with Crippen molar-refractivity contribution < 1.29 is 9.53 Å². The Morgan fingerprint density at radius 3 is 2.62 bits per heavy atom. The molecule has 6 nitrogen and oxygen atoms in total. The number of carbonyl (C=O) groups excluding carboxylic acids is 1. The molecule has 0 saturated carbocycles. The van der Waals surface area contributed by atoms with Crippen molar-refractivity contribution >= 4 is 5.91 Å². The molecule has 2 N–H and O–H groups in total. The fourth-order valence-electron chi connectivity index (χ4n) is 3.26. The number of hydrogen-bond acceptors (Lipinski definition) is 4. The summed E-state index contributed by atoms with van der Waals surface area (Å²) in [6, 6.07) is 9.50. The first-order chi connectivity index (χ1) is 12.8. The average Bonchev–Trinajstić information content (AvgIpc) is 3.01. The SMILES string of the molecule is CCOc1ccc(-c2cc(C(=O)NCCN3CCCCCC3)[nH]n2)cc1. The predicted octanol–water partition coefficient (Wildman–Crippen LogP) is 3.08. The molecule has 0 atom stereocenters. The highest BCUT2D eigenvalue weighted by Crippen LogP contribution is 2.21. The molecule has 26 heavy (non-hydrogen) atoms. The van der Waals surface area contributed by atoms with Crippen LogP contribution in [-0.2, 0) is 0 Å². The first-order valence-electron chi connectivity index (χ1n) is 9.55. The Labute approximate surface area is 154 Å². The van der Waals surface area contributed by atoms with Gasteiger partial charge in [0.15, 0.2) is 0 Å². The lowest BCUT2D eigenvalue weighted by atomic mass is 10.1. The zero-order valence-electron chi connectivity index (χ0n) is 15.5. The lowest BCUT2D eigenvalue weighted by Crippen LogP contribution is -2.35. The number of nitrogens with one attached hydrogen (secondary N) is 2. The zero-order valence-corrected chi connectivity index (χ0v) is 15.5. The van der Waals surface area contributed by atoms with Crippen LogP contribution >= 0.6 is 0 Å². The molecule has 0 spiro atoms. The molecule has 1 amide bonds. The maximum atomic E-state index is 12.3. The molecule has 3 rings (SSSR count). The summed E-state index contributed by atoms with van der Waals surface area (Å²) < 4.78 is 5.45. The number of aromatic nitrogens is 2. The van der Waals surface area contributed by atoms with Gasteiger partial charge in [-0.25, -0.2) is 0 Å². The predicted molar refractivity (Wildman–Crippen MR) is 102 cm³/mol. The number of aromatic amines is 1. The summed E-state index contributed by atoms with van der Waals surface area (Å²) in [5, 5.41) is 10.1. The van der Waals surface area contributed by atoms with Gasteiger partial charge >= 0.3 is 0 Å². The van der Waals surface area contributed by atoms with E-state index in [1.807, 2.05) is 31.2 Å². The Balaban J connectivity index is 1.50. The van der Waals surface area contributed by atoms with E-state index in [0.29, 0.717) is 18.8 Å². The van der Waals surface area contributed by atoms with E-state index in [4.69, 9.17) is 4.74 Å². The van der Waals surface area contributed by atoms with Gasteiger partial charge < -0.3 is 15.0 Å². The molecule has 140 valence electrons. The maximum absolute atomic E-state index is 12.3. The first kappa shape index (κ1) is 18.5. The van der Waals surface area contributed by atoms with Crippen molar-refractivity contribution in [1.82, 2.24) is 20.4 Å². The molecule has 1 aliphatic rings. The van der Waals surface area contributed by atoms with Gasteiger partial charge in [0.05, 0.1) is 12.3 Å². The molecular weight excluding hydrogens is 328 g/mol. The molecule has 0 aliphatic carbocycles. The normalized spacial score (nSPS) is 15.4. The highest BCUT2D eigenvalue weighted by Gasteiger charge is 2.12. The molecule has 0 radical (unpaired) electrons. The second-order valence-corrected chi connectivity index (χ2v) is 6.64. The quantitative estimate of drug-likeness (QED) is 0.800. The van der Waals surface area contributed by atoms with Crippen molar-refractivity contribution in [2.24, 2.45) is 0 Å². The van der Waals surface area contributed by atoms with Crippen LogP contribution in [0.1, 0.15) is 43.1 Å². The summed E-state index contributed by atoms with van der Waals surface area (Å²) in [4.78, 5) is 14.8. The number of amides is 1. The lowest BCUT2D eigenvalue weighted by Gasteiger charge is -2.19. The van der Waals surface area contributed by atoms with Gasteiger partial charge in [-0.2, -0.15) is 5.10 Å². The second kappa shape index (κ2) is 9.38. The highest BCUT2D eigenvalue weighted by atomic mass is 16.5. The van der Waals surface area contributed by atoms with Crippen LogP contribution in [0, 0.1) is 0 Å². The van der Waals surface area contributed by atoms with Crippen LogP contribution in [0.25, 0.3) is 11.3 Å². The third-order valence-electron chi connectivity index (χ3n) is 4.70. The van der Waals surface area contributed by atoms with E-state index in [1.54, 1.807) is 6.07 Å². The summed E-state index contributed by atoms with van der Waals surface area (Å²) in [7, 11) is 0. The van der Waals surface area contributed by atoms with E-state index in [2.05, 4.69) is 20.4 Å². The number of carbonyl (C=O) groups is 1. The summed E-state index contributed by atoms with van der Waals surface area (Å²) >= 11 is 0. The fourth-order valence-corrected chi connectivity index (χ4v) is 3.26. The number of hydrogen-bond donors (Lipinski definition) is 2. The Kier molecular flexibility index (Phi) is 6.66. The third kappa shape index (κ3) is 5.08. The van der Waals surface area contributed by atoms with Gasteiger partial charge in [-0.3, -0.25) is 9.89 Å². The zero-order chi connectivity index (χ0) is 18.2. The van der Waals surface area contributed by atoms with E-state index in [1.165, 1.54) is 25.7 Å². The van der Waals surface area contributed by atoms with Crippen molar-refractivity contribution in [2.45, 2.75) is 32.6 Å². The van der Waals surface area contributed by atoms with Crippen LogP contribution < -0.4 is 10.1 Å². The summed E-state index contributed by atoms with van der Waals surface area (Å²) in [6.07, 6.45) is 5.18. The van der Waals surface area contributed by atoms with Gasteiger partial charge in [0.25, 0.3) is 5.91 Å². The number of nitrogens with zero attached hydrogens (tertiary/aromatic N) is 2. The second-order valence-electron chi connectivity index (χ2n) is 6.64. The number of rotatable bonds is 7. The van der Waals surface area contributed by atoms with Gasteiger partial charge in [-0.1, -0.05) is 12.8 Å². The molecule has 0 bridgehead atoms. The van der Waals surface area contributed by atoms with Crippen molar-refractivity contribution in [3.8, 4) is 17.0 Å². The molecule has 1 saturated heterocycles. The summed E-state index contributed by atoms with van der Waals surface area (Å²) in [5.41, 5.74) is 2.20. The minimum atomic E-state index is -0.107. The van der Waals surface area contributed by atoms with Crippen LogP contribution in [-0.4, -0.2) is 53.8 Å². The van der Waals surface area contributed by atoms with Gasteiger partial charge in [0.1, 0.15) is 11.4 Å². The Morgan fingerprint density at radius 1 is 1.19 bits per heavy atom. The van der Waals surface area contributed by atoms with Crippen molar-refractivity contribution in [1.29, 1.82) is 0 Å². The molecule has 2 aromatic rings. The van der Waals surface area contributed by atoms with Gasteiger partial charge in [0, 0.05) is 18.7 Å². The standard InChI is InChI=1S/C20H28N4O2/c1-2-26-17-9-7-16(8-10-17)18-15-19(23-22-18)20(25)21-11-14-24-12-5-3-4-6-13-24/h7-10,15H,2-6,11-14H2,1H3,(H,21,25)(H,22,23). The van der Waals surface area contributed by atoms with Gasteiger partial charge in [0.2, 0.25) is 0 Å². The molecule has 1 aromatic heterocycles. The minimum Gasteiger partial charge on any atom is -0.494 e. The topological polar surface area (TPSA) is 70.2 Å². The molecule has 1 aromatic carbocycles. The van der Waals surface area contributed by atoms with E-state index in [0.717, 1.165) is 36.6 Å². The molecule has 6 heteroatoms. The van der Waals surface area contributed by atoms with Crippen LogP contribution in [0.5, 0.6) is 5.75 Å². The third-order valence-corrected chi connectivity index (χ3v) is 4.70. The summed E-state index contributed by atoms with van der Waals surface area (Å²) in [5.74, 6) is 0.725. The number of benzene rings is 1. The number of ether oxygens (including phenoxy) is 1. The first-order valence-corrected chi connectivity index (χ1v) is 9.55. The lowest BCUT2D eigenvalue weighted by molar-refractivity contribution is 0.0943. The van der Waals surface area contributed by atoms with Crippen molar-refractivity contribution in [3.05, 3.63) is 36.0 Å². The monoisotopic (exact) mass is 356 g/mol. The average molecular weight is 356 g/mol. The fraction of sp³-hybridized carbons (Fsp3) is 0.500. The van der Waals surface area contributed by atoms with Crippen LogP contribution in [0.2, 0.25) is 0 Å². The molecule has 1 fully saturated rings. The molecule has 2 heterocycles. The summed E-state index contributed by atoms with van der Waals surface area (Å²) in [6.45, 7) is 6.45. The molecule has 1 aliphatic heterocycles. The van der Waals surface area contributed by atoms with Gasteiger partial charge in [-0.05, 0) is 63.2 Å². The number of H-pyrrole nitrogens is 1. The van der Waals surface area contributed by atoms with Crippen molar-refractivity contribution in [3.63, 3.8) is 0 Å². The van der Waals surface area contributed by atoms with Crippen LogP contribution in [0.4, 0.5) is 0 Å². The van der Waals surface area contributed by atoms with E-state index in [-0.39, 0.29) is 5.91 Å².